The number of carbonyl (C=O) groups is 1. The number of thioether (sulfide) groups is 1. The molecule has 1 amide bonds. The molecule has 0 unspecified atom stereocenters. The van der Waals surface area contributed by atoms with Crippen LogP contribution < -0.4 is 10.1 Å². The maximum atomic E-state index is 12.5. The number of alkyl halides is 3. The molecule has 1 saturated carbocycles. The summed E-state index contributed by atoms with van der Waals surface area (Å²) in [5.74, 6) is 0.0922. The molecule has 2 heterocycles. The second-order valence-corrected chi connectivity index (χ2v) is 7.81. The third-order valence-corrected chi connectivity index (χ3v) is 5.45. The maximum Gasteiger partial charge on any atom is 0.573 e. The standard InChI is InChI=1S/C20H18F3N5O2S/c21-20(22,23)30-16-6-2-1-4-13(16)11-25-17(29)12-31-19-27-26-18(28(19)15-7-8-15)14-5-3-9-24-10-14/h1-6,9-10,15H,7-8,11-12H2,(H,25,29). The molecule has 0 saturated heterocycles. The first kappa shape index (κ1) is 21.2. The van der Waals surface area contributed by atoms with Crippen molar-refractivity contribution in [3.8, 4) is 17.1 Å². The zero-order valence-electron chi connectivity index (χ0n) is 16.2. The van der Waals surface area contributed by atoms with Crippen molar-refractivity contribution in [2.24, 2.45) is 0 Å². The number of carbonyl (C=O) groups excluding carboxylic acids is 1. The van der Waals surface area contributed by atoms with Crippen LogP contribution in [0.25, 0.3) is 11.4 Å². The van der Waals surface area contributed by atoms with Gasteiger partial charge in [-0.2, -0.15) is 0 Å². The van der Waals surface area contributed by atoms with E-state index >= 15 is 0 Å². The number of benzene rings is 1. The number of ether oxygens (including phenoxy) is 1. The van der Waals surface area contributed by atoms with E-state index in [4.69, 9.17) is 0 Å². The highest BCUT2D eigenvalue weighted by Crippen LogP contribution is 2.40. The predicted molar refractivity (Wildman–Crippen MR) is 107 cm³/mol. The van der Waals surface area contributed by atoms with E-state index in [-0.39, 0.29) is 29.5 Å². The first-order valence-electron chi connectivity index (χ1n) is 9.49. The highest BCUT2D eigenvalue weighted by Gasteiger charge is 2.32. The minimum atomic E-state index is -4.80. The number of rotatable bonds is 8. The first-order chi connectivity index (χ1) is 14.9. The molecular weight excluding hydrogens is 431 g/mol. The molecule has 1 aliphatic rings. The number of para-hydroxylation sites is 1. The van der Waals surface area contributed by atoms with Gasteiger partial charge < -0.3 is 10.1 Å². The van der Waals surface area contributed by atoms with E-state index < -0.39 is 6.36 Å². The SMILES string of the molecule is O=C(CSc1nnc(-c2cccnc2)n1C1CC1)NCc1ccccc1OC(F)(F)F. The summed E-state index contributed by atoms with van der Waals surface area (Å²) in [6.45, 7) is -0.0815. The summed E-state index contributed by atoms with van der Waals surface area (Å²) in [7, 11) is 0. The number of hydrogen-bond acceptors (Lipinski definition) is 6. The van der Waals surface area contributed by atoms with Crippen LogP contribution in [-0.4, -0.2) is 37.8 Å². The van der Waals surface area contributed by atoms with E-state index in [0.717, 1.165) is 18.4 Å². The van der Waals surface area contributed by atoms with Gasteiger partial charge in [-0.1, -0.05) is 30.0 Å². The Hall–Kier alpha value is -3.08. The number of aromatic nitrogens is 4. The Kier molecular flexibility index (Phi) is 6.12. The largest absolute Gasteiger partial charge is 0.573 e. The fraction of sp³-hybridized carbons (Fsp3) is 0.300. The van der Waals surface area contributed by atoms with Gasteiger partial charge in [-0.15, -0.1) is 23.4 Å². The number of nitrogens with zero attached hydrogens (tertiary/aromatic N) is 4. The Morgan fingerprint density at radius 2 is 2.00 bits per heavy atom. The molecule has 2 aromatic heterocycles. The molecule has 1 aliphatic carbocycles. The molecule has 0 bridgehead atoms. The van der Waals surface area contributed by atoms with Crippen LogP contribution in [0.15, 0.2) is 53.9 Å². The summed E-state index contributed by atoms with van der Waals surface area (Å²) < 4.78 is 43.6. The fourth-order valence-corrected chi connectivity index (χ4v) is 3.81. The third kappa shape index (κ3) is 5.54. The molecule has 7 nitrogen and oxygen atoms in total. The Morgan fingerprint density at radius 1 is 1.19 bits per heavy atom. The van der Waals surface area contributed by atoms with Crippen LogP contribution in [0.5, 0.6) is 5.75 Å². The van der Waals surface area contributed by atoms with Gasteiger partial charge >= 0.3 is 6.36 Å². The first-order valence-corrected chi connectivity index (χ1v) is 10.5. The van der Waals surface area contributed by atoms with Crippen molar-refractivity contribution in [3.63, 3.8) is 0 Å². The van der Waals surface area contributed by atoms with Crippen molar-refractivity contribution in [1.82, 2.24) is 25.1 Å². The molecule has 1 fully saturated rings. The number of hydrogen-bond donors (Lipinski definition) is 1. The van der Waals surface area contributed by atoms with Crippen molar-refractivity contribution in [3.05, 3.63) is 54.4 Å². The van der Waals surface area contributed by atoms with E-state index in [0.29, 0.717) is 17.0 Å². The Labute approximate surface area is 180 Å². The van der Waals surface area contributed by atoms with Gasteiger partial charge in [-0.3, -0.25) is 14.3 Å². The predicted octanol–water partition coefficient (Wildman–Crippen LogP) is 3.98. The van der Waals surface area contributed by atoms with E-state index in [1.165, 1.54) is 30.0 Å². The molecule has 0 radical (unpaired) electrons. The third-order valence-electron chi connectivity index (χ3n) is 4.50. The van der Waals surface area contributed by atoms with Crippen molar-refractivity contribution in [2.45, 2.75) is 36.9 Å². The van der Waals surface area contributed by atoms with Crippen molar-refractivity contribution in [1.29, 1.82) is 0 Å². The number of nitrogens with one attached hydrogen (secondary N) is 1. The van der Waals surface area contributed by atoms with Gasteiger partial charge in [0, 0.05) is 36.1 Å². The molecule has 3 aromatic rings. The number of pyridine rings is 1. The summed E-state index contributed by atoms with van der Waals surface area (Å²) in [4.78, 5) is 16.4. The number of amides is 1. The van der Waals surface area contributed by atoms with Gasteiger partial charge in [-0.05, 0) is 31.0 Å². The fourth-order valence-electron chi connectivity index (χ4n) is 2.98. The normalized spacial score (nSPS) is 13.8. The summed E-state index contributed by atoms with van der Waals surface area (Å²) in [5.41, 5.74) is 1.08. The lowest BCUT2D eigenvalue weighted by atomic mass is 10.2. The van der Waals surface area contributed by atoms with E-state index in [9.17, 15) is 18.0 Å². The van der Waals surface area contributed by atoms with Crippen LogP contribution in [0, 0.1) is 0 Å². The molecule has 1 aromatic carbocycles. The second kappa shape index (κ2) is 8.96. The molecule has 4 rings (SSSR count). The zero-order chi connectivity index (χ0) is 21.8. The smallest absolute Gasteiger partial charge is 0.405 e. The van der Waals surface area contributed by atoms with Crippen molar-refractivity contribution < 1.29 is 22.7 Å². The summed E-state index contributed by atoms with van der Waals surface area (Å²) in [6, 6.07) is 9.71. The zero-order valence-corrected chi connectivity index (χ0v) is 17.0. The lowest BCUT2D eigenvalue weighted by molar-refractivity contribution is -0.274. The molecule has 11 heteroatoms. The lowest BCUT2D eigenvalue weighted by Gasteiger charge is -2.13. The summed E-state index contributed by atoms with van der Waals surface area (Å²) in [6.07, 6.45) is 0.626. The van der Waals surface area contributed by atoms with Gasteiger partial charge in [0.1, 0.15) is 5.75 Å². The molecule has 0 spiro atoms. The van der Waals surface area contributed by atoms with Crippen LogP contribution in [0.3, 0.4) is 0 Å². The number of halogens is 3. The van der Waals surface area contributed by atoms with Gasteiger partial charge in [-0.25, -0.2) is 0 Å². The minimum absolute atomic E-state index is 0.0557. The molecule has 0 aliphatic heterocycles. The summed E-state index contributed by atoms with van der Waals surface area (Å²) in [5, 5.41) is 11.7. The average Bonchev–Trinajstić information content (AvgIpc) is 3.50. The van der Waals surface area contributed by atoms with Gasteiger partial charge in [0.15, 0.2) is 11.0 Å². The Balaban J connectivity index is 1.38. The van der Waals surface area contributed by atoms with Crippen LogP contribution >= 0.6 is 11.8 Å². The highest BCUT2D eigenvalue weighted by molar-refractivity contribution is 7.99. The van der Waals surface area contributed by atoms with Gasteiger partial charge in [0.2, 0.25) is 5.91 Å². The van der Waals surface area contributed by atoms with E-state index in [1.807, 2.05) is 16.7 Å². The van der Waals surface area contributed by atoms with Crippen molar-refractivity contribution >= 4 is 17.7 Å². The monoisotopic (exact) mass is 449 g/mol. The van der Waals surface area contributed by atoms with Crippen LogP contribution in [0.2, 0.25) is 0 Å². The second-order valence-electron chi connectivity index (χ2n) is 6.87. The topological polar surface area (TPSA) is 81.9 Å². The Morgan fingerprint density at radius 3 is 2.71 bits per heavy atom. The van der Waals surface area contributed by atoms with Crippen LogP contribution in [-0.2, 0) is 11.3 Å². The van der Waals surface area contributed by atoms with Crippen LogP contribution in [0.1, 0.15) is 24.4 Å². The van der Waals surface area contributed by atoms with E-state index in [1.54, 1.807) is 18.5 Å². The minimum Gasteiger partial charge on any atom is -0.405 e. The van der Waals surface area contributed by atoms with Crippen molar-refractivity contribution in [2.75, 3.05) is 5.75 Å². The quantitative estimate of drug-likeness (QED) is 0.524. The molecule has 1 N–H and O–H groups in total. The molecule has 0 atom stereocenters. The lowest BCUT2D eigenvalue weighted by Crippen LogP contribution is -2.26. The summed E-state index contributed by atoms with van der Waals surface area (Å²) >= 11 is 1.23. The van der Waals surface area contributed by atoms with Gasteiger partial charge in [0.25, 0.3) is 0 Å². The van der Waals surface area contributed by atoms with Crippen LogP contribution in [0.4, 0.5) is 13.2 Å². The highest BCUT2D eigenvalue weighted by atomic mass is 32.2. The molecule has 31 heavy (non-hydrogen) atoms. The Bertz CT molecular complexity index is 1050. The molecular formula is C20H18F3N5O2S. The van der Waals surface area contributed by atoms with Gasteiger partial charge in [0.05, 0.1) is 5.75 Å². The molecule has 162 valence electrons. The average molecular weight is 449 g/mol. The maximum absolute atomic E-state index is 12.5. The van der Waals surface area contributed by atoms with E-state index in [2.05, 4.69) is 25.2 Å².